The molecule has 1 atom stereocenters. The lowest BCUT2D eigenvalue weighted by Crippen LogP contribution is -2.34. The molecule has 31 heavy (non-hydrogen) atoms. The van der Waals surface area contributed by atoms with Crippen LogP contribution in [-0.2, 0) is 19.2 Å². The quantitative estimate of drug-likeness (QED) is 0.519. The molecule has 0 bridgehead atoms. The van der Waals surface area contributed by atoms with Gasteiger partial charge in [-0.2, -0.15) is 0 Å². The normalized spacial score (nSPS) is 10.4. The highest BCUT2D eigenvalue weighted by Gasteiger charge is 2.21. The van der Waals surface area contributed by atoms with Gasteiger partial charge in [0.25, 0.3) is 5.91 Å². The molecule has 0 aliphatic rings. The minimum Gasteiger partial charge on any atom is -0.348 e. The van der Waals surface area contributed by atoms with Crippen molar-refractivity contribution in [3.05, 3.63) is 35.9 Å². The van der Waals surface area contributed by atoms with Crippen LogP contribution in [0.4, 0.5) is 0 Å². The van der Waals surface area contributed by atoms with Gasteiger partial charge in [0.15, 0.2) is 0 Å². The van der Waals surface area contributed by atoms with Crippen molar-refractivity contribution in [2.24, 2.45) is 5.73 Å². The van der Waals surface area contributed by atoms with Gasteiger partial charge in [-0.15, -0.1) is 0 Å². The summed E-state index contributed by atoms with van der Waals surface area (Å²) in [5.41, 5.74) is 5.63. The molecule has 0 fully saturated rings. The Hall–Kier alpha value is -2.54. The van der Waals surface area contributed by atoms with Gasteiger partial charge in [-0.1, -0.05) is 63.4 Å². The van der Waals surface area contributed by atoms with Gasteiger partial charge in [-0.05, 0) is 32.4 Å². The molecule has 7 heteroatoms. The van der Waals surface area contributed by atoms with Gasteiger partial charge in [0, 0.05) is 20.5 Å². The summed E-state index contributed by atoms with van der Waals surface area (Å²) in [5, 5.41) is 2.25. The van der Waals surface area contributed by atoms with E-state index >= 15 is 0 Å². The van der Waals surface area contributed by atoms with Crippen molar-refractivity contribution < 1.29 is 19.2 Å². The summed E-state index contributed by atoms with van der Waals surface area (Å²) in [6.45, 7) is 5.40. The van der Waals surface area contributed by atoms with E-state index in [-0.39, 0.29) is 30.6 Å². The van der Waals surface area contributed by atoms with Gasteiger partial charge in [0.2, 0.25) is 11.7 Å². The van der Waals surface area contributed by atoms with Crippen molar-refractivity contribution in [2.75, 3.05) is 27.7 Å². The summed E-state index contributed by atoms with van der Waals surface area (Å²) in [7, 11) is 5.15. The molecule has 0 radical (unpaired) electrons. The van der Waals surface area contributed by atoms with E-state index in [4.69, 9.17) is 0 Å². The van der Waals surface area contributed by atoms with E-state index in [1.807, 2.05) is 51.4 Å². The summed E-state index contributed by atoms with van der Waals surface area (Å²) in [4.78, 5) is 46.2. The van der Waals surface area contributed by atoms with Crippen LogP contribution in [0.3, 0.4) is 0 Å². The summed E-state index contributed by atoms with van der Waals surface area (Å²) in [6, 6.07) is 10.1. The Kier molecular flexibility index (Phi) is 19.2. The zero-order valence-corrected chi connectivity index (χ0v) is 20.1. The number of hydrogen-bond acceptors (Lipinski definition) is 5. The molecule has 7 nitrogen and oxygen atoms in total. The van der Waals surface area contributed by atoms with E-state index in [1.54, 1.807) is 4.90 Å². The van der Waals surface area contributed by atoms with Crippen LogP contribution in [0.15, 0.2) is 30.3 Å². The Morgan fingerprint density at radius 2 is 1.52 bits per heavy atom. The standard InChI is InChI=1S/C14H21NO.C9H15NO3.CH5N/c1-4-5-11-13(14(16)15(2)3)12-9-7-6-8-10-12;1-3-4-5-8(12)9(13)10-6-7(2)11;1-2/h6-10,13H,4-5,11H2,1-3H3;3-6H2,1-2H3,(H,10,13);2H2,1H3. The molecule has 176 valence electrons. The monoisotopic (exact) mass is 435 g/mol. The number of nitrogens with two attached hydrogens (primary N) is 1. The van der Waals surface area contributed by atoms with Crippen LogP contribution >= 0.6 is 0 Å². The van der Waals surface area contributed by atoms with Crippen molar-refractivity contribution in [2.45, 2.75) is 65.2 Å². The number of amides is 2. The number of nitrogens with one attached hydrogen (secondary N) is 1. The van der Waals surface area contributed by atoms with E-state index in [0.717, 1.165) is 31.2 Å². The summed E-state index contributed by atoms with van der Waals surface area (Å²) in [5.74, 6) is -1.01. The van der Waals surface area contributed by atoms with Gasteiger partial charge in [-0.25, -0.2) is 0 Å². The first-order chi connectivity index (χ1) is 14.7. The lowest BCUT2D eigenvalue weighted by Gasteiger charge is -2.20. The Bertz CT molecular complexity index is 645. The number of carbonyl (C=O) groups excluding carboxylic acids is 4. The second kappa shape index (κ2) is 19.4. The van der Waals surface area contributed by atoms with E-state index in [9.17, 15) is 19.2 Å². The predicted molar refractivity (Wildman–Crippen MR) is 126 cm³/mol. The largest absolute Gasteiger partial charge is 0.348 e. The topological polar surface area (TPSA) is 110 Å². The van der Waals surface area contributed by atoms with Crippen LogP contribution in [0, 0.1) is 0 Å². The third kappa shape index (κ3) is 15.0. The number of rotatable bonds is 11. The Morgan fingerprint density at radius 1 is 0.968 bits per heavy atom. The number of benzene rings is 1. The van der Waals surface area contributed by atoms with Crippen molar-refractivity contribution in [3.8, 4) is 0 Å². The fraction of sp³-hybridized carbons (Fsp3) is 0.583. The van der Waals surface area contributed by atoms with Crippen LogP contribution in [-0.4, -0.2) is 56.0 Å². The molecule has 0 saturated carbocycles. The molecule has 3 N–H and O–H groups in total. The number of carbonyl (C=O) groups is 4. The van der Waals surface area contributed by atoms with Crippen LogP contribution in [0.5, 0.6) is 0 Å². The molecule has 0 aliphatic carbocycles. The smallest absolute Gasteiger partial charge is 0.287 e. The maximum atomic E-state index is 12.1. The fourth-order valence-electron chi connectivity index (χ4n) is 2.59. The van der Waals surface area contributed by atoms with Gasteiger partial charge >= 0.3 is 0 Å². The maximum Gasteiger partial charge on any atom is 0.287 e. The highest BCUT2D eigenvalue weighted by Crippen LogP contribution is 2.23. The molecular formula is C24H41N3O4. The molecular weight excluding hydrogens is 394 g/mol. The van der Waals surface area contributed by atoms with Crippen LogP contribution < -0.4 is 11.1 Å². The molecule has 0 spiro atoms. The Labute approximate surface area is 187 Å². The van der Waals surface area contributed by atoms with Gasteiger partial charge in [-0.3, -0.25) is 19.2 Å². The van der Waals surface area contributed by atoms with E-state index in [1.165, 1.54) is 14.0 Å². The summed E-state index contributed by atoms with van der Waals surface area (Å²) >= 11 is 0. The predicted octanol–water partition coefficient (Wildman–Crippen LogP) is 3.07. The number of Topliss-reactive ketones (excluding diaryl/α,β-unsaturated/α-hetero) is 2. The minimum atomic E-state index is -0.649. The highest BCUT2D eigenvalue weighted by atomic mass is 16.2. The Balaban J connectivity index is 0. The molecule has 1 aromatic rings. The van der Waals surface area contributed by atoms with E-state index in [0.29, 0.717) is 6.42 Å². The van der Waals surface area contributed by atoms with Crippen LogP contribution in [0.1, 0.15) is 70.8 Å². The third-order valence-electron chi connectivity index (χ3n) is 4.30. The van der Waals surface area contributed by atoms with Crippen molar-refractivity contribution in [3.63, 3.8) is 0 Å². The highest BCUT2D eigenvalue weighted by molar-refractivity contribution is 6.36. The molecule has 1 unspecified atom stereocenters. The zero-order valence-electron chi connectivity index (χ0n) is 20.1. The molecule has 0 aromatic heterocycles. The number of hydrogen-bond donors (Lipinski definition) is 2. The van der Waals surface area contributed by atoms with Crippen molar-refractivity contribution in [1.29, 1.82) is 0 Å². The zero-order chi connectivity index (χ0) is 24.2. The van der Waals surface area contributed by atoms with Gasteiger partial charge < -0.3 is 16.0 Å². The van der Waals surface area contributed by atoms with Crippen LogP contribution in [0.2, 0.25) is 0 Å². The molecule has 1 aromatic carbocycles. The first kappa shape index (κ1) is 30.7. The van der Waals surface area contributed by atoms with Crippen molar-refractivity contribution >= 4 is 23.4 Å². The number of ketones is 2. The number of likely N-dealkylation sites (N-methyl/N-ethyl adjacent to an activating group) is 1. The van der Waals surface area contributed by atoms with Crippen LogP contribution in [0.25, 0.3) is 0 Å². The summed E-state index contributed by atoms with van der Waals surface area (Å²) < 4.78 is 0. The molecule has 0 saturated heterocycles. The molecule has 2 amide bonds. The minimum absolute atomic E-state index is 0.0242. The average Bonchev–Trinajstić information content (AvgIpc) is 2.78. The maximum absolute atomic E-state index is 12.1. The number of nitrogens with zero attached hydrogens (tertiary/aromatic N) is 1. The first-order valence-corrected chi connectivity index (χ1v) is 10.9. The molecule has 0 aliphatic heterocycles. The van der Waals surface area contributed by atoms with E-state index in [2.05, 4.69) is 18.0 Å². The Morgan fingerprint density at radius 3 is 1.97 bits per heavy atom. The lowest BCUT2D eigenvalue weighted by molar-refractivity contribution is -0.138. The lowest BCUT2D eigenvalue weighted by atomic mass is 9.92. The molecule has 0 heterocycles. The third-order valence-corrected chi connectivity index (χ3v) is 4.30. The van der Waals surface area contributed by atoms with Crippen molar-refractivity contribution in [1.82, 2.24) is 10.2 Å². The molecule has 1 rings (SSSR count). The average molecular weight is 436 g/mol. The first-order valence-electron chi connectivity index (χ1n) is 10.9. The summed E-state index contributed by atoms with van der Waals surface area (Å²) in [6.07, 6.45) is 5.03. The SMILES string of the molecule is CCCCC(=O)C(=O)NCC(C)=O.CCCCC(C(=O)N(C)C)c1ccccc1.CN. The second-order valence-electron chi connectivity index (χ2n) is 7.25. The fourth-order valence-corrected chi connectivity index (χ4v) is 2.59. The second-order valence-corrected chi connectivity index (χ2v) is 7.25. The van der Waals surface area contributed by atoms with E-state index < -0.39 is 11.7 Å². The van der Waals surface area contributed by atoms with Gasteiger partial charge in [0.05, 0.1) is 12.5 Å². The number of unbranched alkanes of at least 4 members (excludes halogenated alkanes) is 2. The van der Waals surface area contributed by atoms with Gasteiger partial charge in [0.1, 0.15) is 5.78 Å².